The number of carbonyl (C=O) groups is 2. The van der Waals surface area contributed by atoms with Gasteiger partial charge >= 0.3 is 18.1 Å². The zero-order valence-electron chi connectivity index (χ0n) is 22.4. The van der Waals surface area contributed by atoms with Crippen LogP contribution in [0.25, 0.3) is 6.08 Å². The zero-order chi connectivity index (χ0) is 29.8. The van der Waals surface area contributed by atoms with Gasteiger partial charge in [-0.2, -0.15) is 13.2 Å². The Labute approximate surface area is 235 Å². The Balaban J connectivity index is 1.47. The monoisotopic (exact) mass is 572 g/mol. The van der Waals surface area contributed by atoms with Gasteiger partial charge in [0.2, 0.25) is 0 Å². The number of benzene rings is 3. The second-order valence-electron chi connectivity index (χ2n) is 9.00. The molecule has 8 nitrogen and oxygen atoms in total. The standard InChI is InChI=1S/C30H31F3N2O6/c1-38-27-18-22(7-10-26(27)39-14-3-2-13-30(31,32)33)29(37)41-25-8-4-20(5-9-25)6-11-28(36)40-15-12-21-16-23(34)19-24(35)17-21/h4-11,16-19H,2-3,12-15,34-35H2,1H3/b11-6+. The molecule has 3 aromatic rings. The first-order valence-electron chi connectivity index (χ1n) is 12.7. The van der Waals surface area contributed by atoms with Crippen LogP contribution in [0.1, 0.15) is 40.7 Å². The topological polar surface area (TPSA) is 123 Å². The van der Waals surface area contributed by atoms with Crippen molar-refractivity contribution in [1.82, 2.24) is 0 Å². The van der Waals surface area contributed by atoms with Crippen LogP contribution in [-0.2, 0) is 16.0 Å². The second-order valence-corrected chi connectivity index (χ2v) is 9.00. The van der Waals surface area contributed by atoms with Crippen molar-refractivity contribution in [1.29, 1.82) is 0 Å². The van der Waals surface area contributed by atoms with Crippen molar-refractivity contribution in [2.45, 2.75) is 31.9 Å². The fourth-order valence-electron chi connectivity index (χ4n) is 3.71. The Bertz CT molecular complexity index is 1340. The van der Waals surface area contributed by atoms with Crippen molar-refractivity contribution in [3.05, 3.63) is 83.4 Å². The van der Waals surface area contributed by atoms with Crippen molar-refractivity contribution in [3.63, 3.8) is 0 Å². The van der Waals surface area contributed by atoms with Crippen LogP contribution in [-0.4, -0.2) is 38.4 Å². The summed E-state index contributed by atoms with van der Waals surface area (Å²) in [6.07, 6.45) is -1.55. The number of nitrogen functional groups attached to an aromatic ring is 2. The molecule has 0 bridgehead atoms. The number of unbranched alkanes of at least 4 members (excludes halogenated alkanes) is 1. The predicted octanol–water partition coefficient (Wildman–Crippen LogP) is 5.99. The maximum absolute atomic E-state index is 12.6. The number of anilines is 2. The maximum atomic E-state index is 12.6. The van der Waals surface area contributed by atoms with Crippen LogP contribution in [0, 0.1) is 0 Å². The van der Waals surface area contributed by atoms with Gasteiger partial charge in [-0.1, -0.05) is 12.1 Å². The van der Waals surface area contributed by atoms with E-state index in [9.17, 15) is 22.8 Å². The SMILES string of the molecule is COc1cc(C(=O)Oc2ccc(/C=C/C(=O)OCCc3cc(N)cc(N)c3)cc2)ccc1OCCCCC(F)(F)F. The minimum Gasteiger partial charge on any atom is -0.493 e. The fraction of sp³-hybridized carbons (Fsp3) is 0.267. The number of methoxy groups -OCH3 is 1. The molecular formula is C30H31F3N2O6. The highest BCUT2D eigenvalue weighted by atomic mass is 19.4. The normalized spacial score (nSPS) is 11.3. The number of esters is 2. The van der Waals surface area contributed by atoms with Gasteiger partial charge in [0.25, 0.3) is 0 Å². The van der Waals surface area contributed by atoms with Crippen molar-refractivity contribution >= 4 is 29.4 Å². The molecule has 0 aliphatic rings. The molecule has 3 rings (SSSR count). The molecule has 41 heavy (non-hydrogen) atoms. The molecule has 4 N–H and O–H groups in total. The average Bonchev–Trinajstić information content (AvgIpc) is 2.91. The van der Waals surface area contributed by atoms with Crippen molar-refractivity contribution in [3.8, 4) is 17.2 Å². The minimum atomic E-state index is -4.19. The van der Waals surface area contributed by atoms with Crippen LogP contribution in [0.2, 0.25) is 0 Å². The van der Waals surface area contributed by atoms with Gasteiger partial charge in [-0.05, 0) is 78.6 Å². The summed E-state index contributed by atoms with van der Waals surface area (Å²) in [5, 5.41) is 0. The fourth-order valence-corrected chi connectivity index (χ4v) is 3.71. The molecule has 3 aromatic carbocycles. The van der Waals surface area contributed by atoms with E-state index in [4.69, 9.17) is 30.4 Å². The van der Waals surface area contributed by atoms with Crippen molar-refractivity contribution in [2.24, 2.45) is 0 Å². The molecule has 0 heterocycles. The Morgan fingerprint density at radius 1 is 0.878 bits per heavy atom. The van der Waals surface area contributed by atoms with E-state index in [1.807, 2.05) is 0 Å². The smallest absolute Gasteiger partial charge is 0.389 e. The van der Waals surface area contributed by atoms with E-state index in [2.05, 4.69) is 0 Å². The molecule has 0 aliphatic carbocycles. The molecule has 0 unspecified atom stereocenters. The first-order chi connectivity index (χ1) is 19.5. The molecule has 0 aromatic heterocycles. The van der Waals surface area contributed by atoms with Crippen LogP contribution in [0.3, 0.4) is 0 Å². The third-order valence-corrected chi connectivity index (χ3v) is 5.69. The summed E-state index contributed by atoms with van der Waals surface area (Å²) in [4.78, 5) is 24.6. The molecular weight excluding hydrogens is 541 g/mol. The van der Waals surface area contributed by atoms with E-state index in [0.29, 0.717) is 29.1 Å². The summed E-state index contributed by atoms with van der Waals surface area (Å²) in [6, 6.07) is 16.1. The van der Waals surface area contributed by atoms with Gasteiger partial charge in [-0.15, -0.1) is 0 Å². The summed E-state index contributed by atoms with van der Waals surface area (Å²) in [6.45, 7) is 0.244. The first-order valence-corrected chi connectivity index (χ1v) is 12.7. The summed E-state index contributed by atoms with van der Waals surface area (Å²) in [7, 11) is 1.39. The van der Waals surface area contributed by atoms with E-state index in [1.165, 1.54) is 31.4 Å². The summed E-state index contributed by atoms with van der Waals surface area (Å²) >= 11 is 0. The van der Waals surface area contributed by atoms with Crippen LogP contribution < -0.4 is 25.7 Å². The molecule has 218 valence electrons. The van der Waals surface area contributed by atoms with Gasteiger partial charge < -0.3 is 30.4 Å². The van der Waals surface area contributed by atoms with Gasteiger partial charge in [-0.3, -0.25) is 0 Å². The number of ether oxygens (including phenoxy) is 4. The van der Waals surface area contributed by atoms with E-state index in [1.54, 1.807) is 48.5 Å². The number of hydrogen-bond donors (Lipinski definition) is 2. The zero-order valence-corrected chi connectivity index (χ0v) is 22.4. The molecule has 0 amide bonds. The van der Waals surface area contributed by atoms with E-state index >= 15 is 0 Å². The lowest BCUT2D eigenvalue weighted by molar-refractivity contribution is -0.138. The molecule has 11 heteroatoms. The molecule has 0 saturated heterocycles. The maximum Gasteiger partial charge on any atom is 0.389 e. The van der Waals surface area contributed by atoms with Crippen LogP contribution in [0.15, 0.2) is 66.7 Å². The Kier molecular flexibility index (Phi) is 11.0. The highest BCUT2D eigenvalue weighted by Gasteiger charge is 2.25. The Morgan fingerprint density at radius 3 is 2.24 bits per heavy atom. The van der Waals surface area contributed by atoms with Gasteiger partial charge in [0.05, 0.1) is 25.9 Å². The molecule has 0 atom stereocenters. The molecule has 0 aliphatic heterocycles. The minimum absolute atomic E-state index is 0.0455. The predicted molar refractivity (Wildman–Crippen MR) is 149 cm³/mol. The highest BCUT2D eigenvalue weighted by Crippen LogP contribution is 2.29. The number of nitrogens with two attached hydrogens (primary N) is 2. The summed E-state index contributed by atoms with van der Waals surface area (Å²) < 4.78 is 58.1. The number of hydrogen-bond acceptors (Lipinski definition) is 8. The van der Waals surface area contributed by atoms with E-state index < -0.39 is 24.5 Å². The van der Waals surface area contributed by atoms with Crippen molar-refractivity contribution in [2.75, 3.05) is 31.8 Å². The van der Waals surface area contributed by atoms with Crippen molar-refractivity contribution < 1.29 is 41.7 Å². The number of rotatable bonds is 13. The second kappa shape index (κ2) is 14.6. The first kappa shape index (κ1) is 30.9. The number of carbonyl (C=O) groups excluding carboxylic acids is 2. The van der Waals surface area contributed by atoms with Gasteiger partial charge in [-0.25, -0.2) is 9.59 Å². The van der Waals surface area contributed by atoms with Crippen LogP contribution in [0.5, 0.6) is 17.2 Å². The Hall–Kier alpha value is -4.67. The molecule has 0 radical (unpaired) electrons. The Morgan fingerprint density at radius 2 is 1.59 bits per heavy atom. The number of halogens is 3. The summed E-state index contributed by atoms with van der Waals surface area (Å²) in [5.74, 6) is -0.325. The van der Waals surface area contributed by atoms with Gasteiger partial charge in [0.1, 0.15) is 5.75 Å². The quantitative estimate of drug-likeness (QED) is 0.0842. The highest BCUT2D eigenvalue weighted by molar-refractivity contribution is 5.92. The van der Waals surface area contributed by atoms with Crippen LogP contribution >= 0.6 is 0 Å². The molecule has 0 fully saturated rings. The van der Waals surface area contributed by atoms with Crippen LogP contribution in [0.4, 0.5) is 24.5 Å². The molecule has 0 saturated carbocycles. The molecule has 0 spiro atoms. The average molecular weight is 573 g/mol. The van der Waals surface area contributed by atoms with Gasteiger partial charge in [0.15, 0.2) is 11.5 Å². The third-order valence-electron chi connectivity index (χ3n) is 5.69. The largest absolute Gasteiger partial charge is 0.493 e. The van der Waals surface area contributed by atoms with E-state index in [-0.39, 0.29) is 43.1 Å². The third kappa shape index (κ3) is 10.8. The van der Waals surface area contributed by atoms with E-state index in [0.717, 1.165) is 5.56 Å². The lowest BCUT2D eigenvalue weighted by atomic mass is 10.1. The lowest BCUT2D eigenvalue weighted by Crippen LogP contribution is -2.10. The lowest BCUT2D eigenvalue weighted by Gasteiger charge is -2.12. The summed E-state index contributed by atoms with van der Waals surface area (Å²) in [5.41, 5.74) is 14.3. The van der Waals surface area contributed by atoms with Gasteiger partial charge in [0, 0.05) is 30.3 Å². The number of alkyl halides is 3.